The molecule has 0 aliphatic heterocycles. The molecule has 0 N–H and O–H groups in total. The number of rotatable bonds is 9. The molecule has 1 saturated carbocycles. The van der Waals surface area contributed by atoms with Gasteiger partial charge in [-0.2, -0.15) is 0 Å². The van der Waals surface area contributed by atoms with Crippen LogP contribution in [-0.2, 0) is 24.3 Å². The van der Waals surface area contributed by atoms with Crippen molar-refractivity contribution in [3.05, 3.63) is 35.9 Å². The first-order valence-corrected chi connectivity index (χ1v) is 13.9. The van der Waals surface area contributed by atoms with E-state index in [0.29, 0.717) is 30.1 Å². The molecule has 4 atom stereocenters. The third-order valence-corrected chi connectivity index (χ3v) is 12.1. The Labute approximate surface area is 165 Å². The Kier molecular flexibility index (Phi) is 8.37. The average Bonchev–Trinajstić information content (AvgIpc) is 2.66. The van der Waals surface area contributed by atoms with E-state index in [2.05, 4.69) is 32.9 Å². The quantitative estimate of drug-likeness (QED) is 0.433. The van der Waals surface area contributed by atoms with Gasteiger partial charge in [0, 0.05) is 32.2 Å². The highest BCUT2D eigenvalue weighted by Gasteiger charge is 2.43. The number of hydrogen-bond acceptors (Lipinski definition) is 4. The molecular weight excluding hydrogens is 378 g/mol. The first-order valence-electron chi connectivity index (χ1n) is 10.0. The van der Waals surface area contributed by atoms with E-state index < -0.39 is 14.7 Å². The molecule has 6 heteroatoms. The molecule has 1 fully saturated rings. The minimum Gasteiger partial charge on any atom is -0.323 e. The van der Waals surface area contributed by atoms with Gasteiger partial charge in [-0.25, -0.2) is 0 Å². The molecule has 4 nitrogen and oxygen atoms in total. The Balaban J connectivity index is 2.35. The van der Waals surface area contributed by atoms with Crippen molar-refractivity contribution in [1.29, 1.82) is 0 Å². The Morgan fingerprint density at radius 2 is 1.67 bits per heavy atom. The van der Waals surface area contributed by atoms with Gasteiger partial charge >= 0.3 is 7.60 Å². The summed E-state index contributed by atoms with van der Waals surface area (Å²) in [4.78, 5) is 0. The minimum absolute atomic E-state index is 0.184. The fourth-order valence-electron chi connectivity index (χ4n) is 4.50. The van der Waals surface area contributed by atoms with Crippen LogP contribution in [0.3, 0.4) is 0 Å². The molecule has 1 aromatic carbocycles. The number of benzene rings is 1. The fraction of sp³-hybridized carbons (Fsp3) is 0.714. The summed E-state index contributed by atoms with van der Waals surface area (Å²) in [5.74, 6) is 1.55. The van der Waals surface area contributed by atoms with Gasteiger partial charge in [0.2, 0.25) is 0 Å². The summed E-state index contributed by atoms with van der Waals surface area (Å²) in [7, 11) is -2.97. The lowest BCUT2D eigenvalue weighted by Gasteiger charge is -2.42. The summed E-state index contributed by atoms with van der Waals surface area (Å²) in [6.45, 7) is 6.76. The molecule has 0 saturated heterocycles. The maximum atomic E-state index is 14.4. The third-order valence-electron chi connectivity index (χ3n) is 6.19. The van der Waals surface area contributed by atoms with Gasteiger partial charge in [0.25, 0.3) is 0 Å². The summed E-state index contributed by atoms with van der Waals surface area (Å²) in [5, 5.41) is 0. The van der Waals surface area contributed by atoms with Crippen molar-refractivity contribution >= 4 is 14.7 Å². The predicted molar refractivity (Wildman–Crippen MR) is 114 cm³/mol. The zero-order valence-electron chi connectivity index (χ0n) is 17.5. The SMILES string of the molecule is COP(=O)(CC[P@](=O)(Cc1ccccc1)[C@@H]1C[C@H](C)CC[C@H]1C(C)C)OC. The molecule has 154 valence electrons. The van der Waals surface area contributed by atoms with Crippen LogP contribution in [0.15, 0.2) is 30.3 Å². The van der Waals surface area contributed by atoms with Gasteiger partial charge in [-0.05, 0) is 36.2 Å². The first kappa shape index (κ1) is 22.9. The van der Waals surface area contributed by atoms with Crippen molar-refractivity contribution in [2.75, 3.05) is 26.5 Å². The summed E-state index contributed by atoms with van der Waals surface area (Å²) >= 11 is 0. The molecule has 1 aliphatic carbocycles. The Morgan fingerprint density at radius 1 is 1.04 bits per heavy atom. The van der Waals surface area contributed by atoms with Crippen LogP contribution >= 0.6 is 14.7 Å². The standard InChI is InChI=1S/C21H36O4P2/c1-17(2)20-12-11-18(3)15-21(20)26(22,13-14-27(23,24-4)25-5)16-19-9-7-6-8-10-19/h6-10,17-18,20-21H,11-16H2,1-5H3/t18-,20+,21-,26+/m1/s1. The molecular formula is C21H36O4P2. The zero-order chi connectivity index (χ0) is 20.1. The molecule has 0 aromatic heterocycles. The van der Waals surface area contributed by atoms with E-state index in [9.17, 15) is 9.13 Å². The van der Waals surface area contributed by atoms with E-state index in [1.807, 2.05) is 18.2 Å². The van der Waals surface area contributed by atoms with Crippen molar-refractivity contribution in [2.45, 2.75) is 51.9 Å². The Morgan fingerprint density at radius 3 is 2.22 bits per heavy atom. The zero-order valence-corrected chi connectivity index (χ0v) is 19.3. The maximum Gasteiger partial charge on any atom is 0.330 e. The molecule has 0 heterocycles. The van der Waals surface area contributed by atoms with Gasteiger partial charge in [-0.15, -0.1) is 0 Å². The van der Waals surface area contributed by atoms with Crippen LogP contribution < -0.4 is 0 Å². The molecule has 0 spiro atoms. The van der Waals surface area contributed by atoms with Gasteiger partial charge in [0.1, 0.15) is 0 Å². The largest absolute Gasteiger partial charge is 0.330 e. The van der Waals surface area contributed by atoms with Gasteiger partial charge in [0.15, 0.2) is 0 Å². The number of hydrogen-bond donors (Lipinski definition) is 0. The highest BCUT2D eigenvalue weighted by atomic mass is 31.2. The van der Waals surface area contributed by atoms with Crippen LogP contribution in [0.25, 0.3) is 0 Å². The molecule has 1 aliphatic rings. The molecule has 0 unspecified atom stereocenters. The van der Waals surface area contributed by atoms with E-state index in [4.69, 9.17) is 9.05 Å². The van der Waals surface area contributed by atoms with E-state index in [1.165, 1.54) is 20.6 Å². The van der Waals surface area contributed by atoms with Crippen molar-refractivity contribution < 1.29 is 18.2 Å². The second kappa shape index (κ2) is 9.88. The molecule has 0 amide bonds. The van der Waals surface area contributed by atoms with Crippen LogP contribution in [0.5, 0.6) is 0 Å². The molecule has 0 bridgehead atoms. The summed E-state index contributed by atoms with van der Waals surface area (Å²) < 4.78 is 37.3. The molecule has 1 aromatic rings. The third kappa shape index (κ3) is 6.04. The van der Waals surface area contributed by atoms with Gasteiger partial charge in [-0.1, -0.05) is 57.5 Å². The first-order chi connectivity index (χ1) is 12.7. The van der Waals surface area contributed by atoms with Crippen LogP contribution in [0.4, 0.5) is 0 Å². The predicted octanol–water partition coefficient (Wildman–Crippen LogP) is 6.50. The van der Waals surface area contributed by atoms with Crippen LogP contribution in [0.1, 0.15) is 45.6 Å². The van der Waals surface area contributed by atoms with Gasteiger partial charge in [0.05, 0.1) is 13.3 Å². The maximum absolute atomic E-state index is 14.4. The Bertz CT molecular complexity index is 666. The average molecular weight is 414 g/mol. The van der Waals surface area contributed by atoms with Crippen LogP contribution in [-0.4, -0.2) is 32.2 Å². The highest BCUT2D eigenvalue weighted by Crippen LogP contribution is 2.63. The van der Waals surface area contributed by atoms with Crippen LogP contribution in [0, 0.1) is 17.8 Å². The lowest BCUT2D eigenvalue weighted by Crippen LogP contribution is -2.33. The minimum atomic E-state index is -3.16. The van der Waals surface area contributed by atoms with E-state index in [0.717, 1.165) is 18.4 Å². The second-order valence-electron chi connectivity index (χ2n) is 8.41. The Hall–Kier alpha value is -0.400. The summed E-state index contributed by atoms with van der Waals surface area (Å²) in [6.07, 6.45) is 4.55. The summed E-state index contributed by atoms with van der Waals surface area (Å²) in [5.41, 5.74) is 1.29. The topological polar surface area (TPSA) is 52.6 Å². The smallest absolute Gasteiger partial charge is 0.323 e. The van der Waals surface area contributed by atoms with E-state index >= 15 is 0 Å². The van der Waals surface area contributed by atoms with Gasteiger partial charge < -0.3 is 13.6 Å². The fourth-order valence-corrected chi connectivity index (χ4v) is 10.8. The monoisotopic (exact) mass is 414 g/mol. The van der Waals surface area contributed by atoms with Crippen LogP contribution in [0.2, 0.25) is 0 Å². The van der Waals surface area contributed by atoms with Crippen molar-refractivity contribution in [1.82, 2.24) is 0 Å². The molecule has 27 heavy (non-hydrogen) atoms. The van der Waals surface area contributed by atoms with E-state index in [1.54, 1.807) is 0 Å². The van der Waals surface area contributed by atoms with Crippen molar-refractivity contribution in [2.24, 2.45) is 17.8 Å². The normalized spacial score (nSPS) is 26.1. The van der Waals surface area contributed by atoms with E-state index in [-0.39, 0.29) is 11.8 Å². The molecule has 2 rings (SSSR count). The lowest BCUT2D eigenvalue weighted by molar-refractivity contribution is 0.235. The summed E-state index contributed by atoms with van der Waals surface area (Å²) in [6, 6.07) is 10.1. The van der Waals surface area contributed by atoms with Crippen molar-refractivity contribution in [3.63, 3.8) is 0 Å². The molecule has 0 radical (unpaired) electrons. The highest BCUT2D eigenvalue weighted by molar-refractivity contribution is 7.65. The lowest BCUT2D eigenvalue weighted by atomic mass is 9.77. The van der Waals surface area contributed by atoms with Crippen molar-refractivity contribution in [3.8, 4) is 0 Å². The second-order valence-corrected chi connectivity index (χ2v) is 14.1. The van der Waals surface area contributed by atoms with Gasteiger partial charge in [-0.3, -0.25) is 4.57 Å².